The summed E-state index contributed by atoms with van der Waals surface area (Å²) in [7, 11) is 0. The predicted molar refractivity (Wildman–Crippen MR) is 113 cm³/mol. The minimum atomic E-state index is -1.11. The van der Waals surface area contributed by atoms with Crippen molar-refractivity contribution in [1.29, 1.82) is 0 Å². The Balaban J connectivity index is 1.15. The summed E-state index contributed by atoms with van der Waals surface area (Å²) in [5.74, 6) is 0.839. The summed E-state index contributed by atoms with van der Waals surface area (Å²) >= 11 is 0. The van der Waals surface area contributed by atoms with Crippen LogP contribution in [0.15, 0.2) is 0 Å². The Labute approximate surface area is 183 Å². The van der Waals surface area contributed by atoms with Gasteiger partial charge in [0.05, 0.1) is 0 Å². The number of urea groups is 1. The molecule has 5 aliphatic carbocycles. The molecule has 0 aliphatic heterocycles. The fraction of sp³-hybridized carbons (Fsp3) is 0.826. The van der Waals surface area contributed by atoms with Gasteiger partial charge in [-0.05, 0) is 81.5 Å². The number of hydrogen-bond acceptors (Lipinski definition) is 5. The van der Waals surface area contributed by atoms with Crippen molar-refractivity contribution >= 4 is 23.8 Å². The summed E-state index contributed by atoms with van der Waals surface area (Å²) in [4.78, 5) is 48.5. The van der Waals surface area contributed by atoms with Gasteiger partial charge in [0.2, 0.25) is 5.91 Å². The van der Waals surface area contributed by atoms with E-state index in [2.05, 4.69) is 16.0 Å². The Morgan fingerprint density at radius 2 is 1.55 bits per heavy atom. The minimum Gasteiger partial charge on any atom is -0.451 e. The van der Waals surface area contributed by atoms with Crippen molar-refractivity contribution in [3.63, 3.8) is 0 Å². The number of rotatable bonds is 7. The predicted octanol–water partition coefficient (Wildman–Crippen LogP) is 2.41. The average Bonchev–Trinajstić information content (AvgIpc) is 3.17. The molecule has 0 radical (unpaired) electrons. The lowest BCUT2D eigenvalue weighted by atomic mass is 9.49. The first-order valence-corrected chi connectivity index (χ1v) is 11.9. The minimum absolute atomic E-state index is 0.0924. The van der Waals surface area contributed by atoms with Gasteiger partial charge < -0.3 is 15.4 Å². The van der Waals surface area contributed by atoms with Crippen LogP contribution in [0, 0.1) is 23.2 Å². The number of carbonyl (C=O) groups excluding carboxylic acids is 4. The molecule has 5 rings (SSSR count). The molecule has 0 aromatic heterocycles. The molecule has 4 amide bonds. The van der Waals surface area contributed by atoms with Crippen LogP contribution in [-0.4, -0.2) is 42.5 Å². The smallest absolute Gasteiger partial charge is 0.326 e. The molecule has 4 bridgehead atoms. The number of nitrogens with one attached hydrogen (secondary N) is 3. The molecule has 0 unspecified atom stereocenters. The van der Waals surface area contributed by atoms with Crippen molar-refractivity contribution in [2.75, 3.05) is 6.54 Å². The third-order valence-corrected chi connectivity index (χ3v) is 7.74. The number of esters is 1. The van der Waals surface area contributed by atoms with E-state index >= 15 is 0 Å². The van der Waals surface area contributed by atoms with Gasteiger partial charge in [0.25, 0.3) is 5.91 Å². The lowest BCUT2D eigenvalue weighted by molar-refractivity contribution is -0.154. The highest BCUT2D eigenvalue weighted by Gasteiger charge is 2.51. The molecule has 0 aromatic rings. The first-order chi connectivity index (χ1) is 14.8. The van der Waals surface area contributed by atoms with Gasteiger partial charge in [-0.1, -0.05) is 12.8 Å². The maximum absolute atomic E-state index is 12.5. The number of imide groups is 1. The van der Waals surface area contributed by atoms with Gasteiger partial charge in [-0.15, -0.1) is 0 Å². The molecule has 172 valence electrons. The maximum atomic E-state index is 12.5. The highest BCUT2D eigenvalue weighted by Crippen LogP contribution is 2.61. The molecule has 0 saturated heterocycles. The standard InChI is InChI=1S/C23H35N3O5/c1-14(21(29)26-22(30)25-18-4-2-3-5-18)31-20(28)13-24-19(27)12-23-9-15-6-16(10-23)8-17(7-15)11-23/h14-18H,2-13H2,1H3,(H,24,27)(H2,25,26,29,30)/t14-,15?,16?,17?,23?/m0/s1. The Bertz CT molecular complexity index is 695. The average molecular weight is 434 g/mol. The zero-order valence-electron chi connectivity index (χ0n) is 18.4. The second-order valence-electron chi connectivity index (χ2n) is 10.4. The van der Waals surface area contributed by atoms with E-state index in [0.717, 1.165) is 62.7 Å². The van der Waals surface area contributed by atoms with E-state index in [-0.39, 0.29) is 23.9 Å². The Morgan fingerprint density at radius 3 is 2.13 bits per heavy atom. The molecule has 5 fully saturated rings. The van der Waals surface area contributed by atoms with Crippen LogP contribution in [0.1, 0.15) is 77.6 Å². The van der Waals surface area contributed by atoms with Crippen LogP contribution in [0.25, 0.3) is 0 Å². The first kappa shape index (κ1) is 22.1. The number of hydrogen-bond donors (Lipinski definition) is 3. The second kappa shape index (κ2) is 9.17. The highest BCUT2D eigenvalue weighted by atomic mass is 16.5. The van der Waals surface area contributed by atoms with Crippen LogP contribution >= 0.6 is 0 Å². The van der Waals surface area contributed by atoms with E-state index in [4.69, 9.17) is 4.74 Å². The largest absolute Gasteiger partial charge is 0.451 e. The van der Waals surface area contributed by atoms with Crippen molar-refractivity contribution in [3.05, 3.63) is 0 Å². The fourth-order valence-corrected chi connectivity index (χ4v) is 6.88. The third-order valence-electron chi connectivity index (χ3n) is 7.74. The van der Waals surface area contributed by atoms with E-state index in [1.54, 1.807) is 0 Å². The van der Waals surface area contributed by atoms with Gasteiger partial charge in [0.15, 0.2) is 6.10 Å². The van der Waals surface area contributed by atoms with E-state index in [0.29, 0.717) is 6.42 Å². The van der Waals surface area contributed by atoms with Crippen LogP contribution in [-0.2, 0) is 19.1 Å². The summed E-state index contributed by atoms with van der Waals surface area (Å²) in [6, 6.07) is -0.474. The Morgan fingerprint density at radius 1 is 0.968 bits per heavy atom. The molecule has 1 atom stereocenters. The monoisotopic (exact) mass is 433 g/mol. The second-order valence-corrected chi connectivity index (χ2v) is 10.4. The van der Waals surface area contributed by atoms with E-state index < -0.39 is 24.0 Å². The first-order valence-electron chi connectivity index (χ1n) is 11.9. The van der Waals surface area contributed by atoms with E-state index in [9.17, 15) is 19.2 Å². The molecule has 8 heteroatoms. The summed E-state index contributed by atoms with van der Waals surface area (Å²) in [6.45, 7) is 1.14. The molecule has 3 N–H and O–H groups in total. The summed E-state index contributed by atoms with van der Waals surface area (Å²) in [5, 5.41) is 7.63. The van der Waals surface area contributed by atoms with Crippen molar-refractivity contribution in [1.82, 2.24) is 16.0 Å². The number of amides is 4. The van der Waals surface area contributed by atoms with Crippen molar-refractivity contribution in [3.8, 4) is 0 Å². The molecule has 31 heavy (non-hydrogen) atoms. The normalized spacial score (nSPS) is 32.4. The van der Waals surface area contributed by atoms with Gasteiger partial charge >= 0.3 is 12.0 Å². The maximum Gasteiger partial charge on any atom is 0.326 e. The molecule has 8 nitrogen and oxygen atoms in total. The van der Waals surface area contributed by atoms with Crippen LogP contribution in [0.5, 0.6) is 0 Å². The molecular weight excluding hydrogens is 398 g/mol. The van der Waals surface area contributed by atoms with Gasteiger partial charge in [0.1, 0.15) is 6.54 Å². The number of carbonyl (C=O) groups is 4. The van der Waals surface area contributed by atoms with Gasteiger partial charge in [-0.3, -0.25) is 19.7 Å². The van der Waals surface area contributed by atoms with E-state index in [1.165, 1.54) is 26.2 Å². The van der Waals surface area contributed by atoms with Gasteiger partial charge in [0, 0.05) is 12.5 Å². The molecule has 5 saturated carbocycles. The fourth-order valence-electron chi connectivity index (χ4n) is 6.88. The number of ether oxygens (including phenoxy) is 1. The lowest BCUT2D eigenvalue weighted by Crippen LogP contribution is -2.49. The van der Waals surface area contributed by atoms with Gasteiger partial charge in [-0.25, -0.2) is 4.79 Å². The van der Waals surface area contributed by atoms with Crippen molar-refractivity contribution < 1.29 is 23.9 Å². The zero-order chi connectivity index (χ0) is 22.0. The third kappa shape index (κ3) is 5.57. The summed E-state index contributed by atoms with van der Waals surface area (Å²) < 4.78 is 5.08. The van der Waals surface area contributed by atoms with Crippen molar-refractivity contribution in [2.24, 2.45) is 23.2 Å². The molecule has 0 heterocycles. The molecular formula is C23H35N3O5. The molecule has 5 aliphatic rings. The van der Waals surface area contributed by atoms with E-state index in [1.807, 2.05) is 0 Å². The lowest BCUT2D eigenvalue weighted by Gasteiger charge is -2.56. The Kier molecular flexibility index (Phi) is 6.53. The van der Waals surface area contributed by atoms with Crippen molar-refractivity contribution in [2.45, 2.75) is 89.7 Å². The van der Waals surface area contributed by atoms with Crippen LogP contribution < -0.4 is 16.0 Å². The molecule has 0 aromatic carbocycles. The zero-order valence-corrected chi connectivity index (χ0v) is 18.4. The van der Waals surface area contributed by atoms with Gasteiger partial charge in [-0.2, -0.15) is 0 Å². The Hall–Kier alpha value is -2.12. The molecule has 0 spiro atoms. The quantitative estimate of drug-likeness (QED) is 0.534. The highest BCUT2D eigenvalue weighted by molar-refractivity contribution is 5.97. The van der Waals surface area contributed by atoms with Crippen LogP contribution in [0.3, 0.4) is 0 Å². The SMILES string of the molecule is C[C@H](OC(=O)CNC(=O)CC12CC3CC(CC(C3)C1)C2)C(=O)NC(=O)NC1CCCC1. The summed E-state index contributed by atoms with van der Waals surface area (Å²) in [6.07, 6.45) is 10.7. The topological polar surface area (TPSA) is 114 Å². The van der Waals surface area contributed by atoms with Crippen LogP contribution in [0.4, 0.5) is 4.79 Å². The summed E-state index contributed by atoms with van der Waals surface area (Å²) in [5.41, 5.74) is 0.114. The van der Waals surface area contributed by atoms with Crippen LogP contribution in [0.2, 0.25) is 0 Å².